The van der Waals surface area contributed by atoms with Crippen LogP contribution in [0.15, 0.2) is 24.3 Å². The monoisotopic (exact) mass is 205 g/mol. The van der Waals surface area contributed by atoms with Gasteiger partial charge in [0, 0.05) is 12.6 Å². The van der Waals surface area contributed by atoms with Crippen LogP contribution in [-0.4, -0.2) is 12.6 Å². The fourth-order valence-corrected chi connectivity index (χ4v) is 2.45. The van der Waals surface area contributed by atoms with Crippen LogP contribution < -0.4 is 5.73 Å². The Morgan fingerprint density at radius 3 is 2.80 bits per heavy atom. The normalized spacial score (nSPS) is 31.5. The average Bonchev–Trinajstić information content (AvgIpc) is 2.17. The van der Waals surface area contributed by atoms with Gasteiger partial charge >= 0.3 is 0 Å². The highest BCUT2D eigenvalue weighted by Crippen LogP contribution is 2.35. The van der Waals surface area contributed by atoms with Gasteiger partial charge in [0.2, 0.25) is 0 Å². The third-order valence-electron chi connectivity index (χ3n) is 3.28. The lowest BCUT2D eigenvalue weighted by molar-refractivity contribution is -0.0769. The summed E-state index contributed by atoms with van der Waals surface area (Å²) in [6, 6.07) is 8.67. The first-order valence-electron chi connectivity index (χ1n) is 5.57. The summed E-state index contributed by atoms with van der Waals surface area (Å²) in [5, 5.41) is 0. The number of ether oxygens (including phenoxy) is 1. The number of hydrogen-bond donors (Lipinski definition) is 1. The fraction of sp³-hybridized carbons (Fsp3) is 0.538. The molecule has 0 amide bonds. The summed E-state index contributed by atoms with van der Waals surface area (Å²) in [5.74, 6) is 0. The number of rotatable bonds is 1. The summed E-state index contributed by atoms with van der Waals surface area (Å²) < 4.78 is 5.92. The van der Waals surface area contributed by atoms with Gasteiger partial charge in [0.15, 0.2) is 0 Å². The van der Waals surface area contributed by atoms with Crippen LogP contribution in [0, 0.1) is 6.92 Å². The molecule has 0 radical (unpaired) electrons. The lowest BCUT2D eigenvalue weighted by Crippen LogP contribution is -2.41. The van der Waals surface area contributed by atoms with Gasteiger partial charge in [0.1, 0.15) is 0 Å². The van der Waals surface area contributed by atoms with E-state index < -0.39 is 0 Å². The maximum absolute atomic E-state index is 6.02. The molecule has 1 fully saturated rings. The highest BCUT2D eigenvalue weighted by Gasteiger charge is 2.34. The van der Waals surface area contributed by atoms with E-state index in [1.54, 1.807) is 0 Å². The van der Waals surface area contributed by atoms with E-state index in [0.29, 0.717) is 0 Å². The Morgan fingerprint density at radius 1 is 1.40 bits per heavy atom. The maximum atomic E-state index is 6.02. The van der Waals surface area contributed by atoms with Crippen molar-refractivity contribution in [3.05, 3.63) is 35.4 Å². The number of nitrogens with two attached hydrogens (primary N) is 1. The van der Waals surface area contributed by atoms with E-state index >= 15 is 0 Å². The van der Waals surface area contributed by atoms with Crippen LogP contribution in [-0.2, 0) is 10.3 Å². The molecule has 2 nitrogen and oxygen atoms in total. The number of hydrogen-bond acceptors (Lipinski definition) is 2. The predicted molar refractivity (Wildman–Crippen MR) is 61.7 cm³/mol. The Labute approximate surface area is 91.4 Å². The van der Waals surface area contributed by atoms with Gasteiger partial charge in [-0.25, -0.2) is 0 Å². The van der Waals surface area contributed by atoms with E-state index in [4.69, 9.17) is 10.5 Å². The molecule has 2 unspecified atom stereocenters. The van der Waals surface area contributed by atoms with Gasteiger partial charge in [-0.15, -0.1) is 0 Å². The van der Waals surface area contributed by atoms with Crippen LogP contribution in [0.2, 0.25) is 0 Å². The minimum atomic E-state index is -0.191. The number of aryl methyl sites for hydroxylation is 1. The van der Waals surface area contributed by atoms with E-state index in [-0.39, 0.29) is 11.6 Å². The maximum Gasteiger partial charge on any atom is 0.0920 e. The summed E-state index contributed by atoms with van der Waals surface area (Å²) >= 11 is 0. The Morgan fingerprint density at radius 2 is 2.13 bits per heavy atom. The molecule has 1 aromatic rings. The van der Waals surface area contributed by atoms with Gasteiger partial charge in [-0.3, -0.25) is 0 Å². The zero-order valence-electron chi connectivity index (χ0n) is 9.49. The molecule has 1 aliphatic rings. The standard InChI is InChI=1S/C13H19NO/c1-10-5-3-4-6-12(10)13(2)9-11(14)7-8-15-13/h3-6,11H,7-9,14H2,1-2H3. The van der Waals surface area contributed by atoms with Gasteiger partial charge in [-0.1, -0.05) is 24.3 Å². The van der Waals surface area contributed by atoms with E-state index in [9.17, 15) is 0 Å². The molecule has 2 N–H and O–H groups in total. The van der Waals surface area contributed by atoms with Crippen molar-refractivity contribution in [2.24, 2.45) is 5.73 Å². The molecule has 2 atom stereocenters. The second-order valence-corrected chi connectivity index (χ2v) is 4.65. The molecular formula is C13H19NO. The molecule has 0 saturated carbocycles. The van der Waals surface area contributed by atoms with Crippen LogP contribution in [0.4, 0.5) is 0 Å². The van der Waals surface area contributed by atoms with Crippen LogP contribution in [0.25, 0.3) is 0 Å². The molecule has 82 valence electrons. The topological polar surface area (TPSA) is 35.2 Å². The molecule has 2 heteroatoms. The van der Waals surface area contributed by atoms with Crippen LogP contribution in [0.1, 0.15) is 30.9 Å². The molecule has 0 spiro atoms. The Hall–Kier alpha value is -0.860. The SMILES string of the molecule is Cc1ccccc1C1(C)CC(N)CCO1. The molecule has 15 heavy (non-hydrogen) atoms. The lowest BCUT2D eigenvalue weighted by atomic mass is 9.84. The Balaban J connectivity index is 2.32. The van der Waals surface area contributed by atoms with Crippen LogP contribution >= 0.6 is 0 Å². The quantitative estimate of drug-likeness (QED) is 0.763. The van der Waals surface area contributed by atoms with E-state index in [2.05, 4.69) is 38.1 Å². The van der Waals surface area contributed by atoms with Gasteiger partial charge in [0.05, 0.1) is 5.60 Å². The molecule has 1 aromatic carbocycles. The molecule has 1 aliphatic heterocycles. The second-order valence-electron chi connectivity index (χ2n) is 4.65. The zero-order valence-corrected chi connectivity index (χ0v) is 9.49. The van der Waals surface area contributed by atoms with Gasteiger partial charge in [-0.2, -0.15) is 0 Å². The summed E-state index contributed by atoms with van der Waals surface area (Å²) in [6.45, 7) is 5.05. The Bertz CT molecular complexity index is 350. The zero-order chi connectivity index (χ0) is 10.9. The van der Waals surface area contributed by atoms with Crippen molar-refractivity contribution < 1.29 is 4.74 Å². The van der Waals surface area contributed by atoms with Crippen molar-refractivity contribution in [3.63, 3.8) is 0 Å². The van der Waals surface area contributed by atoms with Crippen molar-refractivity contribution in [2.75, 3.05) is 6.61 Å². The molecule has 0 bridgehead atoms. The van der Waals surface area contributed by atoms with Crippen molar-refractivity contribution in [1.82, 2.24) is 0 Å². The predicted octanol–water partition coefficient (Wildman–Crippen LogP) is 2.35. The highest BCUT2D eigenvalue weighted by molar-refractivity contribution is 5.31. The van der Waals surface area contributed by atoms with Gasteiger partial charge in [-0.05, 0) is 37.8 Å². The third kappa shape index (κ3) is 2.06. The summed E-state index contributed by atoms with van der Waals surface area (Å²) in [7, 11) is 0. The average molecular weight is 205 g/mol. The van der Waals surface area contributed by atoms with Crippen molar-refractivity contribution in [2.45, 2.75) is 38.3 Å². The molecule has 1 saturated heterocycles. The van der Waals surface area contributed by atoms with E-state index in [1.807, 2.05) is 0 Å². The first kappa shape index (κ1) is 10.7. The molecule has 0 aromatic heterocycles. The third-order valence-corrected chi connectivity index (χ3v) is 3.28. The first-order chi connectivity index (χ1) is 7.12. The van der Waals surface area contributed by atoms with Crippen molar-refractivity contribution >= 4 is 0 Å². The number of benzene rings is 1. The van der Waals surface area contributed by atoms with Crippen molar-refractivity contribution in [1.29, 1.82) is 0 Å². The molecule has 1 heterocycles. The first-order valence-corrected chi connectivity index (χ1v) is 5.57. The Kier molecular flexibility index (Phi) is 2.81. The van der Waals surface area contributed by atoms with E-state index in [0.717, 1.165) is 19.4 Å². The summed E-state index contributed by atoms with van der Waals surface area (Å²) in [6.07, 6.45) is 1.89. The summed E-state index contributed by atoms with van der Waals surface area (Å²) in [4.78, 5) is 0. The second kappa shape index (κ2) is 3.95. The molecule has 2 rings (SSSR count). The van der Waals surface area contributed by atoms with Crippen LogP contribution in [0.5, 0.6) is 0 Å². The van der Waals surface area contributed by atoms with Gasteiger partial charge in [0.25, 0.3) is 0 Å². The van der Waals surface area contributed by atoms with E-state index in [1.165, 1.54) is 11.1 Å². The van der Waals surface area contributed by atoms with Gasteiger partial charge < -0.3 is 10.5 Å². The largest absolute Gasteiger partial charge is 0.370 e. The minimum absolute atomic E-state index is 0.191. The van der Waals surface area contributed by atoms with Crippen molar-refractivity contribution in [3.8, 4) is 0 Å². The molecule has 0 aliphatic carbocycles. The summed E-state index contributed by atoms with van der Waals surface area (Å²) in [5.41, 5.74) is 8.39. The smallest absolute Gasteiger partial charge is 0.0920 e. The molecular weight excluding hydrogens is 186 g/mol. The van der Waals surface area contributed by atoms with Crippen LogP contribution in [0.3, 0.4) is 0 Å². The minimum Gasteiger partial charge on any atom is -0.370 e. The fourth-order valence-electron chi connectivity index (χ4n) is 2.45. The lowest BCUT2D eigenvalue weighted by Gasteiger charge is -2.38. The highest BCUT2D eigenvalue weighted by atomic mass is 16.5.